The number of carbonyl (C=O) groups is 1. The Bertz CT molecular complexity index is 310. The second kappa shape index (κ2) is 5.37. The van der Waals surface area contributed by atoms with Crippen LogP contribution >= 0.6 is 0 Å². The van der Waals surface area contributed by atoms with Gasteiger partial charge in [-0.25, -0.2) is 4.39 Å². The monoisotopic (exact) mass is 196 g/mol. The highest BCUT2D eigenvalue weighted by Crippen LogP contribution is 2.12. The van der Waals surface area contributed by atoms with Crippen LogP contribution in [0.1, 0.15) is 19.8 Å². The maximum atomic E-state index is 12.7. The molecule has 1 aromatic carbocycles. The Morgan fingerprint density at radius 2 is 2.29 bits per heavy atom. The number of halogens is 1. The third-order valence-corrected chi connectivity index (χ3v) is 1.74. The molecule has 0 fully saturated rings. The lowest BCUT2D eigenvalue weighted by atomic mass is 10.2. The van der Waals surface area contributed by atoms with Gasteiger partial charge in [0.05, 0.1) is 6.61 Å². The molecule has 0 unspecified atom stereocenters. The lowest BCUT2D eigenvalue weighted by Gasteiger charge is -2.04. The zero-order valence-corrected chi connectivity index (χ0v) is 8.13. The summed E-state index contributed by atoms with van der Waals surface area (Å²) in [6, 6.07) is 5.97. The summed E-state index contributed by atoms with van der Waals surface area (Å²) >= 11 is 0. The number of carbonyl (C=O) groups excluding carboxylic acids is 1. The highest BCUT2D eigenvalue weighted by atomic mass is 19.1. The Kier molecular flexibility index (Phi) is 4.11. The van der Waals surface area contributed by atoms with Crippen LogP contribution in [0.25, 0.3) is 0 Å². The van der Waals surface area contributed by atoms with E-state index in [0.717, 1.165) is 0 Å². The SMILES string of the molecule is CC(=O)CCCOc1cccc(F)c1. The Hall–Kier alpha value is -1.38. The highest BCUT2D eigenvalue weighted by molar-refractivity contribution is 5.75. The average Bonchev–Trinajstić information content (AvgIpc) is 2.12. The number of hydrogen-bond acceptors (Lipinski definition) is 2. The molecule has 0 aliphatic heterocycles. The lowest BCUT2D eigenvalue weighted by molar-refractivity contribution is -0.117. The molecule has 1 rings (SSSR count). The van der Waals surface area contributed by atoms with E-state index in [0.29, 0.717) is 25.2 Å². The van der Waals surface area contributed by atoms with Crippen molar-refractivity contribution in [2.75, 3.05) is 6.61 Å². The van der Waals surface area contributed by atoms with E-state index in [1.54, 1.807) is 19.1 Å². The number of rotatable bonds is 5. The van der Waals surface area contributed by atoms with Gasteiger partial charge in [0.2, 0.25) is 0 Å². The molecule has 0 aromatic heterocycles. The third-order valence-electron chi connectivity index (χ3n) is 1.74. The van der Waals surface area contributed by atoms with E-state index in [9.17, 15) is 9.18 Å². The Labute approximate surface area is 82.7 Å². The summed E-state index contributed by atoms with van der Waals surface area (Å²) in [6.07, 6.45) is 1.18. The van der Waals surface area contributed by atoms with Gasteiger partial charge < -0.3 is 9.53 Å². The van der Waals surface area contributed by atoms with Crippen molar-refractivity contribution in [2.24, 2.45) is 0 Å². The summed E-state index contributed by atoms with van der Waals surface area (Å²) in [6.45, 7) is 1.99. The van der Waals surface area contributed by atoms with Gasteiger partial charge in [-0.05, 0) is 25.5 Å². The lowest BCUT2D eigenvalue weighted by Crippen LogP contribution is -2.00. The van der Waals surface area contributed by atoms with Crippen molar-refractivity contribution in [3.05, 3.63) is 30.1 Å². The Morgan fingerprint density at radius 1 is 1.50 bits per heavy atom. The van der Waals surface area contributed by atoms with Crippen LogP contribution in [-0.2, 0) is 4.79 Å². The minimum absolute atomic E-state index is 0.146. The predicted molar refractivity (Wildman–Crippen MR) is 51.8 cm³/mol. The van der Waals surface area contributed by atoms with Gasteiger partial charge in [0.1, 0.15) is 17.3 Å². The van der Waals surface area contributed by atoms with Crippen LogP contribution < -0.4 is 4.74 Å². The van der Waals surface area contributed by atoms with Crippen LogP contribution in [-0.4, -0.2) is 12.4 Å². The van der Waals surface area contributed by atoms with E-state index in [4.69, 9.17) is 4.74 Å². The van der Waals surface area contributed by atoms with Crippen LogP contribution in [0.15, 0.2) is 24.3 Å². The first-order valence-corrected chi connectivity index (χ1v) is 4.56. The van der Waals surface area contributed by atoms with Crippen molar-refractivity contribution in [3.8, 4) is 5.75 Å². The van der Waals surface area contributed by atoms with Crippen molar-refractivity contribution in [3.63, 3.8) is 0 Å². The smallest absolute Gasteiger partial charge is 0.129 e. The summed E-state index contributed by atoms with van der Waals surface area (Å²) in [4.78, 5) is 10.6. The maximum absolute atomic E-state index is 12.7. The minimum Gasteiger partial charge on any atom is -0.493 e. The van der Waals surface area contributed by atoms with Crippen molar-refractivity contribution in [1.29, 1.82) is 0 Å². The van der Waals surface area contributed by atoms with Gasteiger partial charge >= 0.3 is 0 Å². The molecule has 0 spiro atoms. The molecule has 0 radical (unpaired) electrons. The number of hydrogen-bond donors (Lipinski definition) is 0. The molecule has 0 saturated heterocycles. The predicted octanol–water partition coefficient (Wildman–Crippen LogP) is 2.57. The van der Waals surface area contributed by atoms with Gasteiger partial charge in [0, 0.05) is 12.5 Å². The van der Waals surface area contributed by atoms with Crippen molar-refractivity contribution in [2.45, 2.75) is 19.8 Å². The van der Waals surface area contributed by atoms with Crippen molar-refractivity contribution < 1.29 is 13.9 Å². The zero-order chi connectivity index (χ0) is 10.4. The largest absolute Gasteiger partial charge is 0.493 e. The van der Waals surface area contributed by atoms with E-state index >= 15 is 0 Å². The third kappa shape index (κ3) is 4.03. The van der Waals surface area contributed by atoms with E-state index in [1.807, 2.05) is 0 Å². The van der Waals surface area contributed by atoms with Gasteiger partial charge in [-0.2, -0.15) is 0 Å². The first kappa shape index (κ1) is 10.7. The van der Waals surface area contributed by atoms with Crippen molar-refractivity contribution in [1.82, 2.24) is 0 Å². The zero-order valence-electron chi connectivity index (χ0n) is 8.13. The molecule has 0 amide bonds. The summed E-state index contributed by atoms with van der Waals surface area (Å²) in [5.74, 6) is 0.343. The van der Waals surface area contributed by atoms with Gasteiger partial charge in [0.25, 0.3) is 0 Å². The first-order valence-electron chi connectivity index (χ1n) is 4.56. The number of ketones is 1. The quantitative estimate of drug-likeness (QED) is 0.676. The van der Waals surface area contributed by atoms with Crippen LogP contribution in [0.4, 0.5) is 4.39 Å². The molecule has 0 aliphatic rings. The molecular weight excluding hydrogens is 183 g/mol. The molecule has 0 saturated carbocycles. The summed E-state index contributed by atoms with van der Waals surface area (Å²) < 4.78 is 17.9. The van der Waals surface area contributed by atoms with Gasteiger partial charge in [0.15, 0.2) is 0 Å². The molecule has 3 heteroatoms. The topological polar surface area (TPSA) is 26.3 Å². The molecule has 0 N–H and O–H groups in total. The number of Topliss-reactive ketones (excluding diaryl/α,β-unsaturated/α-hetero) is 1. The maximum Gasteiger partial charge on any atom is 0.129 e. The fraction of sp³-hybridized carbons (Fsp3) is 0.364. The molecule has 1 aromatic rings. The fourth-order valence-corrected chi connectivity index (χ4v) is 1.07. The Balaban J connectivity index is 2.28. The molecule has 0 bridgehead atoms. The van der Waals surface area contributed by atoms with Crippen LogP contribution in [0.2, 0.25) is 0 Å². The van der Waals surface area contributed by atoms with E-state index < -0.39 is 0 Å². The minimum atomic E-state index is -0.311. The fourth-order valence-electron chi connectivity index (χ4n) is 1.07. The van der Waals surface area contributed by atoms with Gasteiger partial charge in [-0.1, -0.05) is 6.07 Å². The molecule has 14 heavy (non-hydrogen) atoms. The van der Waals surface area contributed by atoms with E-state index in [-0.39, 0.29) is 11.6 Å². The summed E-state index contributed by atoms with van der Waals surface area (Å²) in [7, 11) is 0. The molecule has 76 valence electrons. The normalized spacial score (nSPS) is 9.86. The second-order valence-electron chi connectivity index (χ2n) is 3.11. The summed E-state index contributed by atoms with van der Waals surface area (Å²) in [5.41, 5.74) is 0. The molecule has 0 aliphatic carbocycles. The van der Waals surface area contributed by atoms with Crippen molar-refractivity contribution >= 4 is 5.78 Å². The van der Waals surface area contributed by atoms with Gasteiger partial charge in [-0.3, -0.25) is 0 Å². The number of ether oxygens (including phenoxy) is 1. The molecule has 0 heterocycles. The molecule has 2 nitrogen and oxygen atoms in total. The average molecular weight is 196 g/mol. The Morgan fingerprint density at radius 3 is 2.93 bits per heavy atom. The van der Waals surface area contributed by atoms with E-state index in [1.165, 1.54) is 12.1 Å². The van der Waals surface area contributed by atoms with Crippen LogP contribution in [0, 0.1) is 5.82 Å². The van der Waals surface area contributed by atoms with E-state index in [2.05, 4.69) is 0 Å². The highest BCUT2D eigenvalue weighted by Gasteiger charge is 1.97. The molecular formula is C11H13FO2. The number of benzene rings is 1. The standard InChI is InChI=1S/C11H13FO2/c1-9(13)4-3-7-14-11-6-2-5-10(12)8-11/h2,5-6,8H,3-4,7H2,1H3. The van der Waals surface area contributed by atoms with Gasteiger partial charge in [-0.15, -0.1) is 0 Å². The first-order chi connectivity index (χ1) is 6.68. The molecule has 0 atom stereocenters. The summed E-state index contributed by atoms with van der Waals surface area (Å²) in [5, 5.41) is 0. The van der Waals surface area contributed by atoms with Crippen LogP contribution in [0.5, 0.6) is 5.75 Å². The van der Waals surface area contributed by atoms with Crippen LogP contribution in [0.3, 0.4) is 0 Å². The second-order valence-corrected chi connectivity index (χ2v) is 3.11.